The van der Waals surface area contributed by atoms with Gasteiger partial charge in [0.1, 0.15) is 17.6 Å². The number of esters is 1. The number of aryl methyl sites for hydroxylation is 1. The molecule has 0 fully saturated rings. The molecule has 0 atom stereocenters. The fourth-order valence-corrected chi connectivity index (χ4v) is 4.04. The number of hydrogen-bond donors (Lipinski definition) is 2. The molecule has 8 nitrogen and oxygen atoms in total. The molecule has 0 saturated heterocycles. The Bertz CT molecular complexity index is 895. The number of ether oxygens (including phenoxy) is 1. The SMILES string of the molecule is N#Cc1c(NC(=O)COC(=O)CNC(=O)c2ccco2)sc2c1CCCC2. The lowest BCUT2D eigenvalue weighted by atomic mass is 9.96. The summed E-state index contributed by atoms with van der Waals surface area (Å²) in [5, 5.41) is 14.8. The Morgan fingerprint density at radius 1 is 1.30 bits per heavy atom. The summed E-state index contributed by atoms with van der Waals surface area (Å²) in [4.78, 5) is 36.5. The molecule has 0 bridgehead atoms. The predicted molar refractivity (Wildman–Crippen MR) is 96.3 cm³/mol. The summed E-state index contributed by atoms with van der Waals surface area (Å²) in [5.41, 5.74) is 1.52. The van der Waals surface area contributed by atoms with Crippen LogP contribution in [-0.4, -0.2) is 30.9 Å². The minimum atomic E-state index is -0.754. The maximum atomic E-state index is 12.0. The topological polar surface area (TPSA) is 121 Å². The number of amides is 2. The first-order valence-corrected chi connectivity index (χ1v) is 9.22. The molecule has 0 radical (unpaired) electrons. The third-order valence-electron chi connectivity index (χ3n) is 4.04. The van der Waals surface area contributed by atoms with Crippen molar-refractivity contribution < 1.29 is 23.5 Å². The van der Waals surface area contributed by atoms with E-state index in [0.717, 1.165) is 36.1 Å². The third-order valence-corrected chi connectivity index (χ3v) is 5.25. The molecule has 2 N–H and O–H groups in total. The normalized spacial score (nSPS) is 12.6. The van der Waals surface area contributed by atoms with Gasteiger partial charge in [-0.05, 0) is 43.4 Å². The van der Waals surface area contributed by atoms with Gasteiger partial charge in [0.05, 0.1) is 11.8 Å². The summed E-state index contributed by atoms with van der Waals surface area (Å²) in [7, 11) is 0. The summed E-state index contributed by atoms with van der Waals surface area (Å²) < 4.78 is 9.74. The number of rotatable bonds is 6. The van der Waals surface area contributed by atoms with Crippen LogP contribution in [0.2, 0.25) is 0 Å². The molecule has 2 heterocycles. The second-order valence-corrected chi connectivity index (χ2v) is 7.00. The number of furan rings is 1. The Morgan fingerprint density at radius 3 is 2.85 bits per heavy atom. The number of thiophene rings is 1. The molecular formula is C18H17N3O5S. The number of fused-ring (bicyclic) bond motifs is 1. The summed E-state index contributed by atoms with van der Waals surface area (Å²) in [6, 6.07) is 5.16. The van der Waals surface area contributed by atoms with Crippen LogP contribution in [0, 0.1) is 11.3 Å². The van der Waals surface area contributed by atoms with Gasteiger partial charge < -0.3 is 19.8 Å². The first-order valence-electron chi connectivity index (χ1n) is 8.40. The summed E-state index contributed by atoms with van der Waals surface area (Å²) in [6.07, 6.45) is 5.21. The maximum absolute atomic E-state index is 12.0. The van der Waals surface area contributed by atoms with Gasteiger partial charge in [-0.25, -0.2) is 0 Å². The highest BCUT2D eigenvalue weighted by Crippen LogP contribution is 2.37. The van der Waals surface area contributed by atoms with E-state index >= 15 is 0 Å². The second-order valence-electron chi connectivity index (χ2n) is 5.90. The summed E-state index contributed by atoms with van der Waals surface area (Å²) in [5.74, 6) is -1.76. The van der Waals surface area contributed by atoms with Crippen LogP contribution in [0.4, 0.5) is 5.00 Å². The molecule has 2 aromatic rings. The molecular weight excluding hydrogens is 370 g/mol. The van der Waals surface area contributed by atoms with Gasteiger partial charge in [-0.3, -0.25) is 14.4 Å². The molecule has 140 valence electrons. The standard InChI is InChI=1S/C18H17N3O5S/c19-8-12-11-4-1-2-6-14(11)27-18(12)21-15(22)10-26-16(23)9-20-17(24)13-5-3-7-25-13/h3,5,7H,1-2,4,6,9-10H2,(H,20,24)(H,21,22). The van der Waals surface area contributed by atoms with Gasteiger partial charge >= 0.3 is 5.97 Å². The quantitative estimate of drug-likeness (QED) is 0.731. The van der Waals surface area contributed by atoms with Crippen LogP contribution < -0.4 is 10.6 Å². The number of nitrogens with zero attached hydrogens (tertiary/aromatic N) is 1. The summed E-state index contributed by atoms with van der Waals surface area (Å²) >= 11 is 1.40. The van der Waals surface area contributed by atoms with Crippen molar-refractivity contribution >= 4 is 34.1 Å². The van der Waals surface area contributed by atoms with Crippen LogP contribution >= 0.6 is 11.3 Å². The molecule has 2 aromatic heterocycles. The molecule has 3 rings (SSSR count). The van der Waals surface area contributed by atoms with Gasteiger partial charge in [-0.1, -0.05) is 0 Å². The van der Waals surface area contributed by atoms with Gasteiger partial charge in [0.25, 0.3) is 11.8 Å². The minimum Gasteiger partial charge on any atom is -0.459 e. The molecule has 9 heteroatoms. The Labute approximate surface area is 159 Å². The van der Waals surface area contributed by atoms with Crippen molar-refractivity contribution in [2.24, 2.45) is 0 Å². The van der Waals surface area contributed by atoms with Crippen molar-refractivity contribution in [1.82, 2.24) is 5.32 Å². The summed E-state index contributed by atoms with van der Waals surface area (Å²) in [6.45, 7) is -0.882. The lowest BCUT2D eigenvalue weighted by Gasteiger charge is -2.09. The molecule has 0 aromatic carbocycles. The first-order chi connectivity index (χ1) is 13.1. The Morgan fingerprint density at radius 2 is 2.11 bits per heavy atom. The molecule has 2 amide bonds. The van der Waals surface area contributed by atoms with Gasteiger partial charge in [-0.2, -0.15) is 5.26 Å². The first kappa shape index (κ1) is 18.7. The molecule has 0 spiro atoms. The highest BCUT2D eigenvalue weighted by atomic mass is 32.1. The highest BCUT2D eigenvalue weighted by Gasteiger charge is 2.22. The Hall–Kier alpha value is -3.12. The number of carbonyl (C=O) groups excluding carboxylic acids is 3. The number of carbonyl (C=O) groups is 3. The van der Waals surface area contributed by atoms with Gasteiger partial charge in [0, 0.05) is 4.88 Å². The fourth-order valence-electron chi connectivity index (χ4n) is 2.78. The van der Waals surface area contributed by atoms with Crippen molar-refractivity contribution in [2.75, 3.05) is 18.5 Å². The Kier molecular flexibility index (Phi) is 5.88. The van der Waals surface area contributed by atoms with Crippen LogP contribution in [0.1, 0.15) is 39.4 Å². The van der Waals surface area contributed by atoms with Crippen molar-refractivity contribution in [1.29, 1.82) is 5.26 Å². The van der Waals surface area contributed by atoms with E-state index in [0.29, 0.717) is 10.6 Å². The molecule has 1 aliphatic carbocycles. The van der Waals surface area contributed by atoms with E-state index in [9.17, 15) is 19.6 Å². The molecule has 1 aliphatic rings. The van der Waals surface area contributed by atoms with Gasteiger partial charge in [-0.15, -0.1) is 11.3 Å². The minimum absolute atomic E-state index is 0.0752. The van der Waals surface area contributed by atoms with Crippen LogP contribution in [0.15, 0.2) is 22.8 Å². The van der Waals surface area contributed by atoms with Crippen molar-refractivity contribution in [3.8, 4) is 6.07 Å². The molecule has 0 saturated carbocycles. The zero-order valence-corrected chi connectivity index (χ0v) is 15.2. The number of nitriles is 1. The molecule has 0 unspecified atom stereocenters. The molecule has 0 aliphatic heterocycles. The van der Waals surface area contributed by atoms with Gasteiger partial charge in [0.2, 0.25) is 0 Å². The number of anilines is 1. The van der Waals surface area contributed by atoms with E-state index < -0.39 is 24.4 Å². The smallest absolute Gasteiger partial charge is 0.325 e. The largest absolute Gasteiger partial charge is 0.459 e. The average Bonchev–Trinajstić information content (AvgIpc) is 3.31. The predicted octanol–water partition coefficient (Wildman–Crippen LogP) is 2.00. The van der Waals surface area contributed by atoms with Crippen LogP contribution in [0.3, 0.4) is 0 Å². The van der Waals surface area contributed by atoms with Crippen LogP contribution in [0.25, 0.3) is 0 Å². The number of hydrogen-bond acceptors (Lipinski definition) is 7. The van der Waals surface area contributed by atoms with Gasteiger partial charge in [0.15, 0.2) is 12.4 Å². The Balaban J connectivity index is 1.47. The average molecular weight is 387 g/mol. The lowest BCUT2D eigenvalue weighted by Crippen LogP contribution is -2.32. The van der Waals surface area contributed by atoms with E-state index in [1.54, 1.807) is 6.07 Å². The fraction of sp³-hybridized carbons (Fsp3) is 0.333. The van der Waals surface area contributed by atoms with E-state index in [1.165, 1.54) is 23.7 Å². The third kappa shape index (κ3) is 4.54. The zero-order valence-electron chi connectivity index (χ0n) is 14.4. The number of nitrogens with one attached hydrogen (secondary N) is 2. The van der Waals surface area contributed by atoms with E-state index in [-0.39, 0.29) is 12.3 Å². The maximum Gasteiger partial charge on any atom is 0.325 e. The van der Waals surface area contributed by atoms with Crippen LogP contribution in [0.5, 0.6) is 0 Å². The lowest BCUT2D eigenvalue weighted by molar-refractivity contribution is -0.146. The van der Waals surface area contributed by atoms with Crippen molar-refractivity contribution in [2.45, 2.75) is 25.7 Å². The van der Waals surface area contributed by atoms with E-state index in [2.05, 4.69) is 16.7 Å². The second kappa shape index (κ2) is 8.51. The highest BCUT2D eigenvalue weighted by molar-refractivity contribution is 7.16. The van der Waals surface area contributed by atoms with Crippen molar-refractivity contribution in [3.05, 3.63) is 40.2 Å². The monoisotopic (exact) mass is 387 g/mol. The van der Waals surface area contributed by atoms with E-state index in [4.69, 9.17) is 9.15 Å². The molecule has 27 heavy (non-hydrogen) atoms. The van der Waals surface area contributed by atoms with Crippen LogP contribution in [-0.2, 0) is 27.2 Å². The zero-order chi connectivity index (χ0) is 19.2. The van der Waals surface area contributed by atoms with Crippen molar-refractivity contribution in [3.63, 3.8) is 0 Å². The van der Waals surface area contributed by atoms with E-state index in [1.807, 2.05) is 0 Å².